The van der Waals surface area contributed by atoms with Crippen molar-refractivity contribution in [3.8, 4) is 0 Å². The van der Waals surface area contributed by atoms with Crippen molar-refractivity contribution < 1.29 is 4.79 Å². The van der Waals surface area contributed by atoms with E-state index in [2.05, 4.69) is 5.10 Å². The van der Waals surface area contributed by atoms with Crippen molar-refractivity contribution >= 4 is 17.2 Å². The first kappa shape index (κ1) is 15.6. The minimum absolute atomic E-state index is 0.0936. The minimum Gasteiger partial charge on any atom is -0.361 e. The van der Waals surface area contributed by atoms with Gasteiger partial charge in [0, 0.05) is 38.7 Å². The average molecular weight is 335 g/mol. The van der Waals surface area contributed by atoms with E-state index in [1.54, 1.807) is 6.20 Å². The van der Waals surface area contributed by atoms with Crippen molar-refractivity contribution in [1.82, 2.24) is 19.5 Å². The number of hydrogen-bond acceptors (Lipinski definition) is 4. The van der Waals surface area contributed by atoms with Crippen LogP contribution in [0.4, 0.5) is 5.82 Å². The zero-order valence-corrected chi connectivity index (χ0v) is 14.5. The number of anilines is 1. The van der Waals surface area contributed by atoms with Gasteiger partial charge in [0.1, 0.15) is 5.52 Å². The molecule has 25 heavy (non-hydrogen) atoms. The van der Waals surface area contributed by atoms with Gasteiger partial charge in [-0.3, -0.25) is 4.79 Å². The van der Waals surface area contributed by atoms with Gasteiger partial charge in [-0.1, -0.05) is 18.2 Å². The second-order valence-corrected chi connectivity index (χ2v) is 6.65. The van der Waals surface area contributed by atoms with Crippen LogP contribution in [0, 0.1) is 0 Å². The fourth-order valence-corrected chi connectivity index (χ4v) is 3.40. The van der Waals surface area contributed by atoms with Gasteiger partial charge in [-0.25, -0.2) is 9.50 Å². The number of amides is 1. The summed E-state index contributed by atoms with van der Waals surface area (Å²) >= 11 is 0. The maximum atomic E-state index is 12.6. The Morgan fingerprint density at radius 2 is 2.00 bits per heavy atom. The fourth-order valence-electron chi connectivity index (χ4n) is 3.40. The molecule has 3 aromatic rings. The van der Waals surface area contributed by atoms with Crippen molar-refractivity contribution in [3.63, 3.8) is 0 Å². The Balaban J connectivity index is 1.59. The van der Waals surface area contributed by atoms with Crippen LogP contribution in [0.15, 0.2) is 48.8 Å². The van der Waals surface area contributed by atoms with Crippen LogP contribution in [0.3, 0.4) is 0 Å². The Morgan fingerprint density at radius 3 is 2.76 bits per heavy atom. The number of fused-ring (bicyclic) bond motifs is 1. The molecule has 1 aromatic carbocycles. The third-order valence-electron chi connectivity index (χ3n) is 4.73. The minimum atomic E-state index is 0.0936. The number of carbonyl (C=O) groups is 1. The first-order chi connectivity index (χ1) is 12.1. The fraction of sp³-hybridized carbons (Fsp3) is 0.316. The average Bonchev–Trinajstić information content (AvgIpc) is 3.30. The van der Waals surface area contributed by atoms with E-state index in [9.17, 15) is 4.79 Å². The molecule has 0 spiro atoms. The van der Waals surface area contributed by atoms with Crippen molar-refractivity contribution in [3.05, 3.63) is 60.0 Å². The number of aromatic nitrogens is 3. The lowest BCUT2D eigenvalue weighted by atomic mass is 10.1. The van der Waals surface area contributed by atoms with Crippen LogP contribution in [0.1, 0.15) is 28.4 Å². The predicted octanol–water partition coefficient (Wildman–Crippen LogP) is 2.43. The molecule has 6 nitrogen and oxygen atoms in total. The summed E-state index contributed by atoms with van der Waals surface area (Å²) in [6, 6.07) is 11.4. The van der Waals surface area contributed by atoms with Crippen LogP contribution in [0.25, 0.3) is 5.52 Å². The van der Waals surface area contributed by atoms with Crippen molar-refractivity contribution in [2.24, 2.45) is 0 Å². The molecular formula is C19H21N5O. The molecule has 1 atom stereocenters. The number of hydrogen-bond donors (Lipinski definition) is 0. The molecule has 0 unspecified atom stereocenters. The molecule has 6 heteroatoms. The molecule has 1 fully saturated rings. The zero-order chi connectivity index (χ0) is 17.4. The first-order valence-corrected chi connectivity index (χ1v) is 8.49. The van der Waals surface area contributed by atoms with Crippen molar-refractivity contribution in [2.75, 3.05) is 32.1 Å². The Bertz CT molecular complexity index is 903. The first-order valence-electron chi connectivity index (χ1n) is 8.49. The van der Waals surface area contributed by atoms with E-state index in [-0.39, 0.29) is 11.8 Å². The molecule has 0 radical (unpaired) electrons. The summed E-state index contributed by atoms with van der Waals surface area (Å²) in [6.07, 6.45) is 4.70. The quantitative estimate of drug-likeness (QED) is 0.738. The predicted molar refractivity (Wildman–Crippen MR) is 97.0 cm³/mol. The molecule has 1 aliphatic heterocycles. The van der Waals surface area contributed by atoms with Gasteiger partial charge < -0.3 is 9.80 Å². The molecule has 3 heterocycles. The number of nitrogens with zero attached hydrogens (tertiary/aromatic N) is 5. The summed E-state index contributed by atoms with van der Waals surface area (Å²) in [4.78, 5) is 21.4. The summed E-state index contributed by atoms with van der Waals surface area (Å²) in [7, 11) is 3.97. The highest BCUT2D eigenvalue weighted by Gasteiger charge is 2.29. The standard InChI is InChI=1S/C19H21N5O/c1-22(2)18-17-8-10-20-24(17)13-16(21-18)15-9-11-23(12-15)19(25)14-6-4-3-5-7-14/h3-8,10,13,15H,9,11-12H2,1-2H3/t15-/m0/s1. The Morgan fingerprint density at radius 1 is 1.20 bits per heavy atom. The number of benzene rings is 1. The molecule has 1 saturated heterocycles. The van der Waals surface area contributed by atoms with E-state index in [1.807, 2.05) is 71.0 Å². The third kappa shape index (κ3) is 2.84. The Hall–Kier alpha value is -2.89. The van der Waals surface area contributed by atoms with Crippen LogP contribution >= 0.6 is 0 Å². The van der Waals surface area contributed by atoms with E-state index >= 15 is 0 Å². The van der Waals surface area contributed by atoms with E-state index < -0.39 is 0 Å². The lowest BCUT2D eigenvalue weighted by molar-refractivity contribution is 0.0790. The van der Waals surface area contributed by atoms with Gasteiger partial charge >= 0.3 is 0 Å². The summed E-state index contributed by atoms with van der Waals surface area (Å²) in [5.41, 5.74) is 2.72. The molecule has 0 aliphatic carbocycles. The Kier molecular flexibility index (Phi) is 3.87. The molecule has 0 saturated carbocycles. The van der Waals surface area contributed by atoms with Crippen LogP contribution in [0.2, 0.25) is 0 Å². The third-order valence-corrected chi connectivity index (χ3v) is 4.73. The molecule has 128 valence electrons. The molecule has 0 N–H and O–H groups in total. The van der Waals surface area contributed by atoms with Gasteiger partial charge in [0.05, 0.1) is 18.1 Å². The normalized spacial score (nSPS) is 17.2. The van der Waals surface area contributed by atoms with Gasteiger partial charge in [0.25, 0.3) is 5.91 Å². The summed E-state index contributed by atoms with van der Waals surface area (Å²) in [5.74, 6) is 1.24. The topological polar surface area (TPSA) is 53.7 Å². The SMILES string of the molecule is CN(C)c1nc([C@H]2CCN(C(=O)c3ccccc3)C2)cn2nccc12. The van der Waals surface area contributed by atoms with E-state index in [1.165, 1.54) is 0 Å². The lowest BCUT2D eigenvalue weighted by Crippen LogP contribution is -2.28. The maximum Gasteiger partial charge on any atom is 0.253 e. The van der Waals surface area contributed by atoms with Gasteiger partial charge in [-0.05, 0) is 24.6 Å². The second-order valence-electron chi connectivity index (χ2n) is 6.65. The van der Waals surface area contributed by atoms with Crippen LogP contribution in [0.5, 0.6) is 0 Å². The van der Waals surface area contributed by atoms with Gasteiger partial charge in [0.2, 0.25) is 0 Å². The molecule has 0 bridgehead atoms. The summed E-state index contributed by atoms with van der Waals surface area (Å²) in [5, 5.41) is 4.36. The van der Waals surface area contributed by atoms with E-state index in [0.29, 0.717) is 6.54 Å². The van der Waals surface area contributed by atoms with E-state index in [4.69, 9.17) is 4.98 Å². The van der Waals surface area contributed by atoms with Crippen LogP contribution < -0.4 is 4.90 Å². The molecule has 2 aromatic heterocycles. The highest BCUT2D eigenvalue weighted by atomic mass is 16.2. The number of rotatable bonds is 3. The Labute approximate surface area is 146 Å². The maximum absolute atomic E-state index is 12.6. The monoisotopic (exact) mass is 335 g/mol. The zero-order valence-electron chi connectivity index (χ0n) is 14.5. The van der Waals surface area contributed by atoms with Gasteiger partial charge in [0.15, 0.2) is 5.82 Å². The molecule has 4 rings (SSSR count). The molecular weight excluding hydrogens is 314 g/mol. The smallest absolute Gasteiger partial charge is 0.253 e. The van der Waals surface area contributed by atoms with Gasteiger partial charge in [-0.15, -0.1) is 0 Å². The lowest BCUT2D eigenvalue weighted by Gasteiger charge is -2.18. The van der Waals surface area contributed by atoms with Crippen molar-refractivity contribution in [2.45, 2.75) is 12.3 Å². The molecule has 1 aliphatic rings. The largest absolute Gasteiger partial charge is 0.361 e. The van der Waals surface area contributed by atoms with Crippen LogP contribution in [-0.4, -0.2) is 52.6 Å². The number of carbonyl (C=O) groups excluding carboxylic acids is 1. The van der Waals surface area contributed by atoms with E-state index in [0.717, 1.165) is 35.6 Å². The number of likely N-dealkylation sites (tertiary alicyclic amines) is 1. The molecule has 1 amide bonds. The highest BCUT2D eigenvalue weighted by Crippen LogP contribution is 2.29. The summed E-state index contributed by atoms with van der Waals surface area (Å²) < 4.78 is 1.87. The highest BCUT2D eigenvalue weighted by molar-refractivity contribution is 5.94. The van der Waals surface area contributed by atoms with Crippen LogP contribution in [-0.2, 0) is 0 Å². The van der Waals surface area contributed by atoms with Crippen molar-refractivity contribution in [1.29, 1.82) is 0 Å². The summed E-state index contributed by atoms with van der Waals surface area (Å²) in [6.45, 7) is 1.45. The second kappa shape index (κ2) is 6.20. The van der Waals surface area contributed by atoms with Gasteiger partial charge in [-0.2, -0.15) is 5.10 Å².